The molecule has 19 heavy (non-hydrogen) atoms. The molecule has 1 heterocycles. The average Bonchev–Trinajstić information content (AvgIpc) is 2.20. The molecule has 1 aliphatic heterocycles. The van der Waals surface area contributed by atoms with Crippen LogP contribution in [0.1, 0.15) is 34.1 Å². The van der Waals surface area contributed by atoms with Gasteiger partial charge in [-0.15, -0.1) is 0 Å². The Morgan fingerprint density at radius 2 is 2.00 bits per heavy atom. The van der Waals surface area contributed by atoms with E-state index in [2.05, 4.69) is 44.5 Å². The number of carbonyl (C=O) groups is 2. The highest BCUT2D eigenvalue weighted by atomic mass is 28.4. The van der Waals surface area contributed by atoms with Crippen molar-refractivity contribution >= 4 is 20.1 Å². The van der Waals surface area contributed by atoms with Crippen LogP contribution in [0.25, 0.3) is 0 Å². The summed E-state index contributed by atoms with van der Waals surface area (Å²) in [4.78, 5) is 23.0. The van der Waals surface area contributed by atoms with Crippen molar-refractivity contribution in [3.8, 4) is 0 Å². The largest absolute Gasteiger partial charge is 0.405 e. The molecule has 0 aromatic rings. The van der Waals surface area contributed by atoms with E-state index in [1.165, 1.54) is 6.92 Å². The van der Waals surface area contributed by atoms with E-state index in [-0.39, 0.29) is 22.9 Å². The van der Waals surface area contributed by atoms with Gasteiger partial charge in [0.25, 0.3) is 0 Å². The minimum Gasteiger partial charge on any atom is -0.405 e. The van der Waals surface area contributed by atoms with Crippen molar-refractivity contribution in [1.29, 1.82) is 0 Å². The zero-order valence-electron chi connectivity index (χ0n) is 12.8. The monoisotopic (exact) mass is 286 g/mol. The van der Waals surface area contributed by atoms with Gasteiger partial charge >= 0.3 is 0 Å². The van der Waals surface area contributed by atoms with E-state index < -0.39 is 14.4 Å². The highest BCUT2D eigenvalue weighted by molar-refractivity contribution is 6.74. The Morgan fingerprint density at radius 1 is 1.42 bits per heavy atom. The number of carbonyl (C=O) groups excluding carboxylic acids is 2. The van der Waals surface area contributed by atoms with Crippen LogP contribution < -0.4 is 10.6 Å². The first-order valence-electron chi connectivity index (χ1n) is 6.75. The Hall–Kier alpha value is -0.883. The predicted molar refractivity (Wildman–Crippen MR) is 77.3 cm³/mol. The van der Waals surface area contributed by atoms with Gasteiger partial charge in [0, 0.05) is 25.9 Å². The summed E-state index contributed by atoms with van der Waals surface area (Å²) in [5.74, 6) is -0.140. The van der Waals surface area contributed by atoms with E-state index in [0.29, 0.717) is 13.0 Å². The van der Waals surface area contributed by atoms with Gasteiger partial charge in [0.2, 0.25) is 11.8 Å². The fraction of sp³-hybridized carbons (Fsp3) is 0.846. The molecule has 5 nitrogen and oxygen atoms in total. The van der Waals surface area contributed by atoms with Gasteiger partial charge in [0.1, 0.15) is 6.10 Å². The smallest absolute Gasteiger partial charge is 0.248 e. The quantitative estimate of drug-likeness (QED) is 0.771. The van der Waals surface area contributed by atoms with E-state index in [0.717, 1.165) is 0 Å². The van der Waals surface area contributed by atoms with Crippen molar-refractivity contribution in [3.05, 3.63) is 0 Å². The van der Waals surface area contributed by atoms with E-state index >= 15 is 0 Å². The molecule has 2 N–H and O–H groups in total. The zero-order valence-corrected chi connectivity index (χ0v) is 13.8. The second-order valence-electron chi connectivity index (χ2n) is 6.75. The zero-order chi connectivity index (χ0) is 14.8. The third kappa shape index (κ3) is 4.31. The van der Waals surface area contributed by atoms with Gasteiger partial charge in [-0.1, -0.05) is 20.8 Å². The highest BCUT2D eigenvalue weighted by Gasteiger charge is 2.42. The maximum Gasteiger partial charge on any atom is 0.248 e. The standard InChI is InChI=1S/C13H26N2O3Si/c1-9(16)15-10-7-11(12(17)14-8-10)18-19(5,6)13(2,3)4/h10-11H,7-8H2,1-6H3,(H,14,17)(H,15,16)/t10-,11-/m1/s1. The Kier molecular flexibility index (Phi) is 4.79. The number of hydrogen-bond donors (Lipinski definition) is 2. The van der Waals surface area contributed by atoms with Crippen molar-refractivity contribution in [2.24, 2.45) is 0 Å². The highest BCUT2D eigenvalue weighted by Crippen LogP contribution is 2.37. The van der Waals surface area contributed by atoms with Crippen LogP contribution in [0.4, 0.5) is 0 Å². The topological polar surface area (TPSA) is 67.4 Å². The lowest BCUT2D eigenvalue weighted by Crippen LogP contribution is -2.57. The summed E-state index contributed by atoms with van der Waals surface area (Å²) in [7, 11) is -1.98. The molecule has 0 radical (unpaired) electrons. The van der Waals surface area contributed by atoms with Gasteiger partial charge in [-0.3, -0.25) is 9.59 Å². The SMILES string of the molecule is CC(=O)N[C@H]1CNC(=O)[C@H](O[Si](C)(C)C(C)(C)C)C1. The molecule has 0 aromatic carbocycles. The van der Waals surface area contributed by atoms with E-state index in [4.69, 9.17) is 4.43 Å². The van der Waals surface area contributed by atoms with Crippen LogP contribution in [-0.2, 0) is 14.0 Å². The molecular weight excluding hydrogens is 260 g/mol. The average molecular weight is 286 g/mol. The summed E-state index contributed by atoms with van der Waals surface area (Å²) in [6.07, 6.45) is 0.101. The maximum atomic E-state index is 11.9. The molecule has 1 fully saturated rings. The Labute approximate surface area is 116 Å². The Morgan fingerprint density at radius 3 is 2.47 bits per heavy atom. The Balaban J connectivity index is 2.70. The maximum absolute atomic E-state index is 11.9. The van der Waals surface area contributed by atoms with Gasteiger partial charge < -0.3 is 15.1 Å². The lowest BCUT2D eigenvalue weighted by atomic mass is 10.0. The molecule has 1 saturated heterocycles. The number of nitrogens with one attached hydrogen (secondary N) is 2. The van der Waals surface area contributed by atoms with Gasteiger partial charge in [-0.25, -0.2) is 0 Å². The summed E-state index contributed by atoms with van der Waals surface area (Å²) in [5.41, 5.74) is 0. The van der Waals surface area contributed by atoms with E-state index in [9.17, 15) is 9.59 Å². The molecule has 1 aliphatic rings. The van der Waals surface area contributed by atoms with Crippen LogP contribution in [0.15, 0.2) is 0 Å². The first-order valence-corrected chi connectivity index (χ1v) is 9.66. The molecule has 0 aromatic heterocycles. The van der Waals surface area contributed by atoms with Crippen molar-refractivity contribution in [3.63, 3.8) is 0 Å². The molecular formula is C13H26N2O3Si. The van der Waals surface area contributed by atoms with Crippen molar-refractivity contribution in [2.45, 2.75) is 64.4 Å². The summed E-state index contributed by atoms with van der Waals surface area (Å²) in [5, 5.41) is 5.71. The third-order valence-electron chi connectivity index (χ3n) is 3.96. The Bertz CT molecular complexity index is 363. The predicted octanol–water partition coefficient (Wildman–Crippen LogP) is 1.40. The number of hydrogen-bond acceptors (Lipinski definition) is 3. The second-order valence-corrected chi connectivity index (χ2v) is 11.5. The third-order valence-corrected chi connectivity index (χ3v) is 8.45. The van der Waals surface area contributed by atoms with Crippen molar-refractivity contribution in [1.82, 2.24) is 10.6 Å². The summed E-state index contributed by atoms with van der Waals surface area (Å²) >= 11 is 0. The molecule has 2 amide bonds. The fourth-order valence-electron chi connectivity index (χ4n) is 1.82. The summed E-state index contributed by atoms with van der Waals surface area (Å²) in [6.45, 7) is 12.7. The van der Waals surface area contributed by atoms with Gasteiger partial charge in [0.05, 0.1) is 0 Å². The molecule has 1 rings (SSSR count). The first-order chi connectivity index (χ1) is 8.53. The van der Waals surface area contributed by atoms with Crippen LogP contribution in [0.5, 0.6) is 0 Å². The van der Waals surface area contributed by atoms with Crippen molar-refractivity contribution in [2.75, 3.05) is 6.54 Å². The minimum atomic E-state index is -1.98. The first kappa shape index (κ1) is 16.2. The van der Waals surface area contributed by atoms with Crippen LogP contribution >= 0.6 is 0 Å². The van der Waals surface area contributed by atoms with Gasteiger partial charge in [-0.2, -0.15) is 0 Å². The lowest BCUT2D eigenvalue weighted by Gasteiger charge is -2.41. The summed E-state index contributed by atoms with van der Waals surface area (Å²) in [6, 6.07) is -0.0371. The normalized spacial score (nSPS) is 24.8. The van der Waals surface area contributed by atoms with Crippen LogP contribution in [-0.4, -0.2) is 38.8 Å². The molecule has 0 unspecified atom stereocenters. The number of piperidine rings is 1. The molecule has 6 heteroatoms. The van der Waals surface area contributed by atoms with E-state index in [1.54, 1.807) is 0 Å². The van der Waals surface area contributed by atoms with Crippen LogP contribution in [0.3, 0.4) is 0 Å². The lowest BCUT2D eigenvalue weighted by molar-refractivity contribution is -0.132. The summed E-state index contributed by atoms with van der Waals surface area (Å²) < 4.78 is 6.14. The molecule has 0 bridgehead atoms. The molecule has 2 atom stereocenters. The number of rotatable bonds is 3. The van der Waals surface area contributed by atoms with E-state index in [1.807, 2.05) is 0 Å². The molecule has 0 saturated carbocycles. The van der Waals surface area contributed by atoms with Crippen LogP contribution in [0, 0.1) is 0 Å². The number of amides is 2. The van der Waals surface area contributed by atoms with Gasteiger partial charge in [-0.05, 0) is 18.1 Å². The second kappa shape index (κ2) is 5.62. The minimum absolute atomic E-state index is 0.0371. The fourth-order valence-corrected chi connectivity index (χ4v) is 3.09. The van der Waals surface area contributed by atoms with Gasteiger partial charge in [0.15, 0.2) is 8.32 Å². The van der Waals surface area contributed by atoms with Crippen molar-refractivity contribution < 1.29 is 14.0 Å². The molecule has 0 spiro atoms. The molecule has 110 valence electrons. The molecule has 0 aliphatic carbocycles. The van der Waals surface area contributed by atoms with Crippen LogP contribution in [0.2, 0.25) is 18.1 Å².